The first-order valence-electron chi connectivity index (χ1n) is 26.8. The molecule has 0 spiro atoms. The van der Waals surface area contributed by atoms with Crippen molar-refractivity contribution in [3.05, 3.63) is 315 Å². The van der Waals surface area contributed by atoms with E-state index in [0.717, 1.165) is 45.3 Å². The van der Waals surface area contributed by atoms with Crippen molar-refractivity contribution in [2.45, 2.75) is 0 Å². The predicted octanol–water partition coefficient (Wildman–Crippen LogP) is 21.6. The van der Waals surface area contributed by atoms with E-state index in [-0.39, 0.29) is 0 Å². The minimum Gasteiger partial charge on any atom is -0.310 e. The zero-order chi connectivity index (χ0) is 51.8. The third kappa shape index (κ3) is 8.92. The number of nitrogens with zero attached hydrogens (tertiary/aromatic N) is 2. The van der Waals surface area contributed by atoms with E-state index in [1.807, 2.05) is 0 Å². The van der Waals surface area contributed by atoms with Gasteiger partial charge in [0.05, 0.1) is 11.4 Å². The Bertz CT molecular complexity index is 4140. The van der Waals surface area contributed by atoms with Crippen LogP contribution in [0.2, 0.25) is 0 Å². The van der Waals surface area contributed by atoms with Gasteiger partial charge in [0.2, 0.25) is 0 Å². The van der Waals surface area contributed by atoms with E-state index >= 15 is 0 Å². The maximum absolute atomic E-state index is 2.39. The van der Waals surface area contributed by atoms with Crippen LogP contribution in [0.5, 0.6) is 0 Å². The van der Waals surface area contributed by atoms with Crippen LogP contribution in [0.25, 0.3) is 98.7 Å². The van der Waals surface area contributed by atoms with Gasteiger partial charge in [0.1, 0.15) is 0 Å². The molecule has 0 amide bonds. The van der Waals surface area contributed by atoms with Crippen molar-refractivity contribution in [2.24, 2.45) is 0 Å². The van der Waals surface area contributed by atoms with Gasteiger partial charge in [0, 0.05) is 33.5 Å². The number of benzene rings is 14. The fourth-order valence-corrected chi connectivity index (χ4v) is 11.3. The molecule has 0 aliphatic heterocycles. The average molecular weight is 993 g/mol. The van der Waals surface area contributed by atoms with E-state index < -0.39 is 0 Å². The number of rotatable bonds is 11. The first-order chi connectivity index (χ1) is 38.6. The molecule has 0 radical (unpaired) electrons. The van der Waals surface area contributed by atoms with E-state index in [4.69, 9.17) is 0 Å². The van der Waals surface area contributed by atoms with Crippen LogP contribution in [0.3, 0.4) is 0 Å². The summed E-state index contributed by atoms with van der Waals surface area (Å²) in [5, 5.41) is 9.83. The van der Waals surface area contributed by atoms with Gasteiger partial charge in [0.25, 0.3) is 0 Å². The van der Waals surface area contributed by atoms with Crippen LogP contribution in [0.4, 0.5) is 34.1 Å². The fraction of sp³-hybridized carbons (Fsp3) is 0. The van der Waals surface area contributed by atoms with E-state index in [1.165, 1.54) is 87.6 Å². The SMILES string of the molecule is c1ccc2cc(-c3ccc(-c4ccc(N(c5ccc(-c6ccc(N(c7ccc(-c8ccc(-c9ccc%10ccccc%10c9)cc8)cc7)c7cccc8ccccc78)cc6)cc5)c5cccc6ccccc56)cc4)cc3)ccc2c1. The van der Waals surface area contributed by atoms with Crippen molar-refractivity contribution >= 4 is 77.2 Å². The third-order valence-electron chi connectivity index (χ3n) is 15.5. The lowest BCUT2D eigenvalue weighted by Gasteiger charge is -2.28. The van der Waals surface area contributed by atoms with Crippen LogP contribution in [0.15, 0.2) is 315 Å². The lowest BCUT2D eigenvalue weighted by atomic mass is 9.98. The quantitative estimate of drug-likeness (QED) is 0.127. The Labute approximate surface area is 455 Å². The van der Waals surface area contributed by atoms with Gasteiger partial charge in [-0.15, -0.1) is 0 Å². The van der Waals surface area contributed by atoms with Crippen LogP contribution in [-0.4, -0.2) is 0 Å². The lowest BCUT2D eigenvalue weighted by molar-refractivity contribution is 1.29. The summed E-state index contributed by atoms with van der Waals surface area (Å²) in [7, 11) is 0. The second kappa shape index (κ2) is 20.1. The van der Waals surface area contributed by atoms with E-state index in [2.05, 4.69) is 325 Å². The number of hydrogen-bond donors (Lipinski definition) is 0. The van der Waals surface area contributed by atoms with Crippen LogP contribution in [0.1, 0.15) is 0 Å². The molecule has 0 aromatic heterocycles. The third-order valence-corrected chi connectivity index (χ3v) is 15.5. The topological polar surface area (TPSA) is 6.48 Å². The molecule has 0 atom stereocenters. The van der Waals surface area contributed by atoms with E-state index in [9.17, 15) is 0 Å². The Balaban J connectivity index is 0.754. The molecule has 0 aliphatic rings. The standard InChI is InChI=1S/C76H52N2/c1-3-15-65-51-67(33-31-53(65)11-1)61-27-23-55(24-28-61)57-35-43-69(44-36-57)77(75-21-9-17-63-13-5-7-19-73(63)75)71-47-39-59(40-48-71)60-41-49-72(50-42-60)78(76-22-10-18-64-14-6-8-20-74(64)76)70-45-37-58(38-46-70)56-25-29-62(30-26-56)68-34-32-54-12-2-4-16-66(54)52-68/h1-52H. The van der Waals surface area contributed by atoms with Crippen LogP contribution < -0.4 is 9.80 Å². The van der Waals surface area contributed by atoms with Crippen LogP contribution in [0, 0.1) is 0 Å². The van der Waals surface area contributed by atoms with Gasteiger partial charge >= 0.3 is 0 Å². The Kier molecular flexibility index (Phi) is 11.9. The summed E-state index contributed by atoms with van der Waals surface area (Å²) in [5.41, 5.74) is 18.5. The molecule has 78 heavy (non-hydrogen) atoms. The zero-order valence-electron chi connectivity index (χ0n) is 42.9. The first kappa shape index (κ1) is 46.3. The highest BCUT2D eigenvalue weighted by Gasteiger charge is 2.19. The van der Waals surface area contributed by atoms with Gasteiger partial charge in [-0.3, -0.25) is 0 Å². The molecule has 14 aromatic rings. The molecule has 0 fully saturated rings. The minimum atomic E-state index is 1.09. The maximum atomic E-state index is 2.39. The number of hydrogen-bond acceptors (Lipinski definition) is 2. The molecule has 0 saturated heterocycles. The van der Waals surface area contributed by atoms with Crippen molar-refractivity contribution in [3.8, 4) is 55.6 Å². The Hall–Kier alpha value is -10.3. The van der Waals surface area contributed by atoms with Crippen molar-refractivity contribution in [1.82, 2.24) is 0 Å². The Morgan fingerprint density at radius 1 is 0.154 bits per heavy atom. The molecule has 366 valence electrons. The highest BCUT2D eigenvalue weighted by atomic mass is 15.1. The van der Waals surface area contributed by atoms with Crippen LogP contribution >= 0.6 is 0 Å². The van der Waals surface area contributed by atoms with Gasteiger partial charge in [-0.05, 0) is 161 Å². The highest BCUT2D eigenvalue weighted by molar-refractivity contribution is 6.01. The molecule has 0 saturated carbocycles. The van der Waals surface area contributed by atoms with Crippen molar-refractivity contribution in [1.29, 1.82) is 0 Å². The van der Waals surface area contributed by atoms with Gasteiger partial charge < -0.3 is 9.80 Å². The number of fused-ring (bicyclic) bond motifs is 4. The maximum Gasteiger partial charge on any atom is 0.0540 e. The molecule has 0 heterocycles. The molecule has 2 nitrogen and oxygen atoms in total. The summed E-state index contributed by atoms with van der Waals surface area (Å²) in [6.45, 7) is 0. The van der Waals surface area contributed by atoms with Crippen molar-refractivity contribution in [2.75, 3.05) is 9.80 Å². The summed E-state index contributed by atoms with van der Waals surface area (Å²) in [4.78, 5) is 4.77. The van der Waals surface area contributed by atoms with Gasteiger partial charge in [0.15, 0.2) is 0 Å². The van der Waals surface area contributed by atoms with Crippen molar-refractivity contribution in [3.63, 3.8) is 0 Å². The minimum absolute atomic E-state index is 1.09. The fourth-order valence-electron chi connectivity index (χ4n) is 11.3. The molecule has 0 N–H and O–H groups in total. The zero-order valence-corrected chi connectivity index (χ0v) is 42.9. The summed E-state index contributed by atoms with van der Waals surface area (Å²) < 4.78 is 0. The van der Waals surface area contributed by atoms with Gasteiger partial charge in [-0.25, -0.2) is 0 Å². The first-order valence-corrected chi connectivity index (χ1v) is 26.8. The van der Waals surface area contributed by atoms with E-state index in [1.54, 1.807) is 0 Å². The Morgan fingerprint density at radius 3 is 0.705 bits per heavy atom. The smallest absolute Gasteiger partial charge is 0.0540 e. The van der Waals surface area contributed by atoms with Gasteiger partial charge in [-0.1, -0.05) is 243 Å². The lowest BCUT2D eigenvalue weighted by Crippen LogP contribution is -2.10. The predicted molar refractivity (Wildman–Crippen MR) is 333 cm³/mol. The summed E-state index contributed by atoms with van der Waals surface area (Å²) >= 11 is 0. The van der Waals surface area contributed by atoms with Gasteiger partial charge in [-0.2, -0.15) is 0 Å². The molecule has 0 unspecified atom stereocenters. The Morgan fingerprint density at radius 2 is 0.385 bits per heavy atom. The molecule has 0 aliphatic carbocycles. The van der Waals surface area contributed by atoms with E-state index in [0.29, 0.717) is 0 Å². The molecule has 14 aromatic carbocycles. The molecule has 2 heteroatoms. The molecular weight excluding hydrogens is 941 g/mol. The van der Waals surface area contributed by atoms with Crippen molar-refractivity contribution < 1.29 is 0 Å². The average Bonchev–Trinajstić information content (AvgIpc) is 3.59. The number of anilines is 6. The van der Waals surface area contributed by atoms with Crippen LogP contribution in [-0.2, 0) is 0 Å². The largest absolute Gasteiger partial charge is 0.310 e. The summed E-state index contributed by atoms with van der Waals surface area (Å²) in [6, 6.07) is 115. The normalized spacial score (nSPS) is 11.3. The summed E-state index contributed by atoms with van der Waals surface area (Å²) in [6.07, 6.45) is 0. The second-order valence-electron chi connectivity index (χ2n) is 20.1. The monoisotopic (exact) mass is 992 g/mol. The summed E-state index contributed by atoms with van der Waals surface area (Å²) in [5.74, 6) is 0. The molecular formula is C76H52N2. The molecule has 0 bridgehead atoms. The second-order valence-corrected chi connectivity index (χ2v) is 20.1. The highest BCUT2D eigenvalue weighted by Crippen LogP contribution is 2.43. The molecule has 14 rings (SSSR count).